The highest BCUT2D eigenvalue weighted by molar-refractivity contribution is 7.48. The minimum absolute atomic E-state index is 0.101. The molecule has 0 aliphatic heterocycles. The van der Waals surface area contributed by atoms with Gasteiger partial charge in [-0.25, -0.2) is 4.57 Å². The van der Waals surface area contributed by atoms with E-state index in [0.29, 0.717) is 12.8 Å². The number of ether oxygens (including phenoxy) is 2. The first-order valence-electron chi connectivity index (χ1n) is 10.3. The van der Waals surface area contributed by atoms with Crippen molar-refractivity contribution in [3.8, 4) is 0 Å². The van der Waals surface area contributed by atoms with Gasteiger partial charge in [-0.05, 0) is 59.8 Å². The van der Waals surface area contributed by atoms with Crippen molar-refractivity contribution in [1.29, 1.82) is 0 Å². The summed E-state index contributed by atoms with van der Waals surface area (Å²) in [6.07, 6.45) is -0.0355. The fourth-order valence-electron chi connectivity index (χ4n) is 3.69. The van der Waals surface area contributed by atoms with Gasteiger partial charge in [0.25, 0.3) is 6.47 Å². The van der Waals surface area contributed by atoms with E-state index in [1.165, 1.54) is 7.11 Å². The van der Waals surface area contributed by atoms with Gasteiger partial charge in [0.15, 0.2) is 6.10 Å². The Morgan fingerprint density at radius 2 is 1.55 bits per heavy atom. The number of nitrogens with two attached hydrogens (primary N) is 1. The van der Waals surface area contributed by atoms with Crippen molar-refractivity contribution in [2.75, 3.05) is 20.3 Å². The minimum atomic E-state index is -4.00. The molecule has 2 atom stereocenters. The highest BCUT2D eigenvalue weighted by atomic mass is 31.2. The molecule has 0 aliphatic rings. The van der Waals surface area contributed by atoms with Crippen molar-refractivity contribution in [1.82, 2.24) is 0 Å². The molecule has 0 saturated carbocycles. The molecule has 0 saturated heterocycles. The van der Waals surface area contributed by atoms with Crippen molar-refractivity contribution >= 4 is 20.3 Å². The molecule has 0 radical (unpaired) electrons. The summed E-state index contributed by atoms with van der Waals surface area (Å²) in [6.45, 7) is 16.3. The smallest absolute Gasteiger partial charge is 0.464 e. The van der Waals surface area contributed by atoms with E-state index in [2.05, 4.69) is 0 Å². The molecule has 184 valence electrons. The molecule has 0 bridgehead atoms. The first-order chi connectivity index (χ1) is 13.7. The lowest BCUT2D eigenvalue weighted by Gasteiger charge is -2.34. The van der Waals surface area contributed by atoms with Crippen LogP contribution < -0.4 is 5.73 Å². The van der Waals surface area contributed by atoms with Crippen LogP contribution in [0.3, 0.4) is 0 Å². The van der Waals surface area contributed by atoms with Crippen LogP contribution in [-0.4, -0.2) is 50.0 Å². The summed E-state index contributed by atoms with van der Waals surface area (Å²) in [5.41, 5.74) is 3.67. The molecule has 0 fully saturated rings. The van der Waals surface area contributed by atoms with Crippen molar-refractivity contribution in [3.63, 3.8) is 0 Å². The molecule has 0 aromatic carbocycles. The lowest BCUT2D eigenvalue weighted by atomic mass is 9.76. The fourth-order valence-corrected chi connectivity index (χ4v) is 4.95. The lowest BCUT2D eigenvalue weighted by molar-refractivity contribution is -0.168. The van der Waals surface area contributed by atoms with Crippen molar-refractivity contribution in [2.24, 2.45) is 16.6 Å². The van der Waals surface area contributed by atoms with E-state index in [4.69, 9.17) is 28.8 Å². The normalized spacial score (nSPS) is 16.4. The maximum absolute atomic E-state index is 13.0. The lowest BCUT2D eigenvalue weighted by Crippen LogP contribution is -2.41. The molecule has 0 aliphatic carbocycles. The van der Waals surface area contributed by atoms with E-state index in [9.17, 15) is 14.2 Å². The van der Waals surface area contributed by atoms with Crippen LogP contribution >= 0.6 is 7.82 Å². The van der Waals surface area contributed by atoms with Crippen LogP contribution in [0, 0.1) is 10.8 Å². The molecular formula is C21H42NO8P. The average molecular weight is 468 g/mol. The molecule has 0 rings (SSSR count). The van der Waals surface area contributed by atoms with Crippen LogP contribution in [-0.2, 0) is 37.2 Å². The largest absolute Gasteiger partial charge is 0.475 e. The molecule has 9 nitrogen and oxygen atoms in total. The van der Waals surface area contributed by atoms with Gasteiger partial charge >= 0.3 is 13.8 Å². The van der Waals surface area contributed by atoms with Gasteiger partial charge in [-0.3, -0.25) is 23.2 Å². The molecule has 2 N–H and O–H groups in total. The Labute approximate surface area is 187 Å². The molecule has 31 heavy (non-hydrogen) atoms. The van der Waals surface area contributed by atoms with Gasteiger partial charge in [-0.2, -0.15) is 0 Å². The van der Waals surface area contributed by atoms with Gasteiger partial charge < -0.3 is 15.2 Å². The van der Waals surface area contributed by atoms with Crippen LogP contribution in [0.5, 0.6) is 0 Å². The molecule has 2 unspecified atom stereocenters. The molecule has 0 aromatic rings. The molecule has 10 heteroatoms. The molecule has 0 amide bonds. The molecular weight excluding hydrogens is 425 g/mol. The molecule has 0 aromatic heterocycles. The number of rotatable bonds is 14. The average Bonchev–Trinajstić information content (AvgIpc) is 2.52. The maximum atomic E-state index is 13.0. The fraction of sp³-hybridized carbons (Fsp3) is 0.905. The van der Waals surface area contributed by atoms with Crippen LogP contribution in [0.1, 0.15) is 75.2 Å². The van der Waals surface area contributed by atoms with E-state index < -0.39 is 36.5 Å². The minimum Gasteiger partial charge on any atom is -0.464 e. The second-order valence-electron chi connectivity index (χ2n) is 11.0. The predicted octanol–water partition coefficient (Wildman–Crippen LogP) is 4.23. The number of carbonyl (C=O) groups is 2. The second kappa shape index (κ2) is 11.2. The zero-order valence-electron chi connectivity index (χ0n) is 20.8. The van der Waals surface area contributed by atoms with Crippen LogP contribution in [0.25, 0.3) is 0 Å². The zero-order valence-corrected chi connectivity index (χ0v) is 21.7. The first-order valence-corrected chi connectivity index (χ1v) is 11.8. The highest BCUT2D eigenvalue weighted by Gasteiger charge is 2.39. The second-order valence-corrected chi connectivity index (χ2v) is 12.7. The van der Waals surface area contributed by atoms with Crippen LogP contribution in [0.4, 0.5) is 0 Å². The Morgan fingerprint density at radius 3 is 1.97 bits per heavy atom. The maximum Gasteiger partial charge on any atom is 0.475 e. The quantitative estimate of drug-likeness (QED) is 0.227. The van der Waals surface area contributed by atoms with Crippen LogP contribution in [0.2, 0.25) is 0 Å². The van der Waals surface area contributed by atoms with Gasteiger partial charge in [0.2, 0.25) is 0 Å². The summed E-state index contributed by atoms with van der Waals surface area (Å²) >= 11 is 0. The Balaban J connectivity index is 5.28. The zero-order chi connectivity index (χ0) is 24.7. The van der Waals surface area contributed by atoms with E-state index in [1.807, 2.05) is 34.6 Å². The third kappa shape index (κ3) is 13.2. The van der Waals surface area contributed by atoms with Crippen LogP contribution in [0.15, 0.2) is 0 Å². The van der Waals surface area contributed by atoms with E-state index in [0.717, 1.165) is 0 Å². The number of hydrogen-bond acceptors (Lipinski definition) is 9. The van der Waals surface area contributed by atoms with E-state index >= 15 is 0 Å². The van der Waals surface area contributed by atoms with Gasteiger partial charge in [0.05, 0.1) is 17.6 Å². The van der Waals surface area contributed by atoms with Gasteiger partial charge in [0.1, 0.15) is 6.61 Å². The molecule has 0 heterocycles. The SMILES string of the molecule is COP(=O)(OCC(COC=O)OC(=O)C(C)(C)CC(C)(C)C)OC(C)(C)CC(C)(C)N. The summed E-state index contributed by atoms with van der Waals surface area (Å²) in [5.74, 6) is -0.482. The predicted molar refractivity (Wildman–Crippen MR) is 118 cm³/mol. The summed E-state index contributed by atoms with van der Waals surface area (Å²) < 4.78 is 39.3. The number of hydrogen-bond donors (Lipinski definition) is 1. The number of phosphoric ester groups is 1. The number of esters is 1. The van der Waals surface area contributed by atoms with E-state index in [1.54, 1.807) is 27.7 Å². The first kappa shape index (κ1) is 30.0. The third-order valence-electron chi connectivity index (χ3n) is 4.03. The van der Waals surface area contributed by atoms with Crippen molar-refractivity contribution in [3.05, 3.63) is 0 Å². The highest BCUT2D eigenvalue weighted by Crippen LogP contribution is 2.53. The summed E-state index contributed by atoms with van der Waals surface area (Å²) in [6, 6.07) is 0. The van der Waals surface area contributed by atoms with E-state index in [-0.39, 0.29) is 25.1 Å². The Morgan fingerprint density at radius 1 is 1.00 bits per heavy atom. The summed E-state index contributed by atoms with van der Waals surface area (Å²) in [7, 11) is -2.81. The van der Waals surface area contributed by atoms with Gasteiger partial charge in [-0.1, -0.05) is 20.8 Å². The summed E-state index contributed by atoms with van der Waals surface area (Å²) in [4.78, 5) is 23.4. The Hall–Kier alpha value is -0.990. The summed E-state index contributed by atoms with van der Waals surface area (Å²) in [5, 5.41) is 0. The van der Waals surface area contributed by atoms with Gasteiger partial charge in [-0.15, -0.1) is 0 Å². The topological polar surface area (TPSA) is 123 Å². The number of phosphoric acid groups is 1. The van der Waals surface area contributed by atoms with Crippen molar-refractivity contribution in [2.45, 2.75) is 92.4 Å². The van der Waals surface area contributed by atoms with Gasteiger partial charge in [0, 0.05) is 12.6 Å². The number of carbonyl (C=O) groups excluding carboxylic acids is 2. The van der Waals surface area contributed by atoms with Crippen molar-refractivity contribution < 1.29 is 37.2 Å². The Kier molecular flexibility index (Phi) is 10.9. The molecule has 0 spiro atoms. The Bertz CT molecular complexity index is 634. The third-order valence-corrected chi connectivity index (χ3v) is 5.66. The standard InChI is InChI=1S/C21H42NO8P/c1-18(2,3)13-19(4,5)17(24)29-16(11-27-15-23)12-28-31(25,26-10)30-21(8,9)14-20(6,7)22/h15-16H,11-14,22H2,1-10H3. The monoisotopic (exact) mass is 467 g/mol.